The van der Waals surface area contributed by atoms with Crippen molar-refractivity contribution in [3.63, 3.8) is 0 Å². The SMILES string of the molecule is OC1(CCC2CC(F)(F)C2)CC1. The van der Waals surface area contributed by atoms with Crippen molar-refractivity contribution in [3.05, 3.63) is 0 Å². The van der Waals surface area contributed by atoms with Crippen molar-refractivity contribution in [2.24, 2.45) is 5.92 Å². The predicted octanol–water partition coefficient (Wildman–Crippen LogP) is 2.34. The van der Waals surface area contributed by atoms with Crippen LogP contribution in [0.2, 0.25) is 0 Å². The third-order valence-electron chi connectivity index (χ3n) is 3.02. The fraction of sp³-hybridized carbons (Fsp3) is 1.00. The maximum atomic E-state index is 12.4. The molecule has 0 bridgehead atoms. The van der Waals surface area contributed by atoms with Crippen LogP contribution in [-0.4, -0.2) is 16.6 Å². The molecule has 12 heavy (non-hydrogen) atoms. The van der Waals surface area contributed by atoms with Crippen LogP contribution < -0.4 is 0 Å². The minimum Gasteiger partial charge on any atom is -0.390 e. The first-order valence-electron chi connectivity index (χ1n) is 4.59. The van der Waals surface area contributed by atoms with Crippen LogP contribution in [0, 0.1) is 5.92 Å². The zero-order valence-corrected chi connectivity index (χ0v) is 7.02. The largest absolute Gasteiger partial charge is 0.390 e. The van der Waals surface area contributed by atoms with E-state index in [9.17, 15) is 13.9 Å². The van der Waals surface area contributed by atoms with E-state index in [4.69, 9.17) is 0 Å². The molecule has 1 N–H and O–H groups in total. The van der Waals surface area contributed by atoms with Crippen molar-refractivity contribution in [2.45, 2.75) is 50.0 Å². The van der Waals surface area contributed by atoms with Gasteiger partial charge in [-0.25, -0.2) is 8.78 Å². The first-order chi connectivity index (χ1) is 5.49. The average Bonchev–Trinajstić information content (AvgIpc) is 2.60. The van der Waals surface area contributed by atoms with Gasteiger partial charge in [-0.15, -0.1) is 0 Å². The van der Waals surface area contributed by atoms with Crippen molar-refractivity contribution in [1.29, 1.82) is 0 Å². The Balaban J connectivity index is 1.64. The van der Waals surface area contributed by atoms with Gasteiger partial charge in [0.1, 0.15) is 0 Å². The van der Waals surface area contributed by atoms with Gasteiger partial charge in [-0.1, -0.05) is 0 Å². The summed E-state index contributed by atoms with van der Waals surface area (Å²) in [5, 5.41) is 9.44. The van der Waals surface area contributed by atoms with Gasteiger partial charge in [0.05, 0.1) is 5.60 Å². The van der Waals surface area contributed by atoms with Crippen LogP contribution in [0.4, 0.5) is 8.78 Å². The molecule has 2 rings (SSSR count). The number of hydrogen-bond acceptors (Lipinski definition) is 1. The van der Waals surface area contributed by atoms with E-state index in [1.165, 1.54) is 0 Å². The molecular formula is C9H14F2O. The van der Waals surface area contributed by atoms with Crippen LogP contribution in [0.25, 0.3) is 0 Å². The number of rotatable bonds is 3. The lowest BCUT2D eigenvalue weighted by Gasteiger charge is -2.35. The summed E-state index contributed by atoms with van der Waals surface area (Å²) in [5.74, 6) is -2.22. The summed E-state index contributed by atoms with van der Waals surface area (Å²) in [6, 6.07) is 0. The highest BCUT2D eigenvalue weighted by Gasteiger charge is 2.47. The molecule has 0 saturated heterocycles. The Morgan fingerprint density at radius 2 is 1.83 bits per heavy atom. The average molecular weight is 176 g/mol. The molecule has 0 unspecified atom stereocenters. The van der Waals surface area contributed by atoms with Crippen LogP contribution in [0.1, 0.15) is 38.5 Å². The second kappa shape index (κ2) is 2.41. The molecule has 0 aliphatic heterocycles. The molecule has 2 saturated carbocycles. The molecule has 0 radical (unpaired) electrons. The highest BCUT2D eigenvalue weighted by molar-refractivity contribution is 4.95. The van der Waals surface area contributed by atoms with Crippen molar-refractivity contribution in [1.82, 2.24) is 0 Å². The zero-order valence-electron chi connectivity index (χ0n) is 7.02. The van der Waals surface area contributed by atoms with Crippen molar-refractivity contribution >= 4 is 0 Å². The fourth-order valence-electron chi connectivity index (χ4n) is 1.86. The van der Waals surface area contributed by atoms with Gasteiger partial charge in [0.2, 0.25) is 5.92 Å². The van der Waals surface area contributed by atoms with Crippen LogP contribution in [0.5, 0.6) is 0 Å². The molecule has 0 atom stereocenters. The van der Waals surface area contributed by atoms with E-state index in [2.05, 4.69) is 0 Å². The van der Waals surface area contributed by atoms with Crippen LogP contribution in [-0.2, 0) is 0 Å². The molecule has 0 aromatic heterocycles. The third kappa shape index (κ3) is 1.76. The normalized spacial score (nSPS) is 31.2. The van der Waals surface area contributed by atoms with E-state index in [-0.39, 0.29) is 18.8 Å². The van der Waals surface area contributed by atoms with E-state index in [1.54, 1.807) is 0 Å². The summed E-state index contributed by atoms with van der Waals surface area (Å²) < 4.78 is 24.7. The molecule has 2 aliphatic rings. The number of hydrogen-bond donors (Lipinski definition) is 1. The monoisotopic (exact) mass is 176 g/mol. The molecule has 0 heterocycles. The molecule has 2 fully saturated rings. The molecule has 0 spiro atoms. The first kappa shape index (κ1) is 8.42. The quantitative estimate of drug-likeness (QED) is 0.699. The van der Waals surface area contributed by atoms with Gasteiger partial charge in [-0.3, -0.25) is 0 Å². The van der Waals surface area contributed by atoms with E-state index in [0.717, 1.165) is 25.7 Å². The molecule has 3 heteroatoms. The van der Waals surface area contributed by atoms with E-state index >= 15 is 0 Å². The molecule has 1 nitrogen and oxygen atoms in total. The summed E-state index contributed by atoms with van der Waals surface area (Å²) in [6.45, 7) is 0. The third-order valence-corrected chi connectivity index (χ3v) is 3.02. The summed E-state index contributed by atoms with van der Waals surface area (Å²) in [5.41, 5.74) is -0.453. The minimum absolute atomic E-state index is 0.0447. The van der Waals surface area contributed by atoms with Gasteiger partial charge < -0.3 is 5.11 Å². The first-order valence-corrected chi connectivity index (χ1v) is 4.59. The smallest absolute Gasteiger partial charge is 0.248 e. The predicted molar refractivity (Wildman–Crippen MR) is 41.1 cm³/mol. The molecule has 70 valence electrons. The Morgan fingerprint density at radius 1 is 1.25 bits per heavy atom. The lowest BCUT2D eigenvalue weighted by molar-refractivity contribution is -0.114. The van der Waals surface area contributed by atoms with E-state index in [1.807, 2.05) is 0 Å². The maximum Gasteiger partial charge on any atom is 0.248 e. The number of halogens is 2. The van der Waals surface area contributed by atoms with Gasteiger partial charge in [0, 0.05) is 12.8 Å². The second-order valence-corrected chi connectivity index (χ2v) is 4.39. The topological polar surface area (TPSA) is 20.2 Å². The Labute approximate surface area is 70.8 Å². The Bertz CT molecular complexity index is 179. The molecule has 0 aromatic rings. The Morgan fingerprint density at radius 3 is 2.25 bits per heavy atom. The Hall–Kier alpha value is -0.180. The van der Waals surface area contributed by atoms with Crippen LogP contribution >= 0.6 is 0 Å². The summed E-state index contributed by atoms with van der Waals surface area (Å²) in [6.07, 6.45) is 3.35. The van der Waals surface area contributed by atoms with Crippen molar-refractivity contribution < 1.29 is 13.9 Å². The summed E-state index contributed by atoms with van der Waals surface area (Å²) in [7, 11) is 0. The maximum absolute atomic E-state index is 12.4. The second-order valence-electron chi connectivity index (χ2n) is 4.39. The van der Waals surface area contributed by atoms with Crippen molar-refractivity contribution in [2.75, 3.05) is 0 Å². The highest BCUT2D eigenvalue weighted by atomic mass is 19.3. The molecule has 2 aliphatic carbocycles. The van der Waals surface area contributed by atoms with Gasteiger partial charge in [-0.2, -0.15) is 0 Å². The number of aliphatic hydroxyl groups is 1. The van der Waals surface area contributed by atoms with Gasteiger partial charge in [0.15, 0.2) is 0 Å². The lowest BCUT2D eigenvalue weighted by atomic mass is 9.78. The van der Waals surface area contributed by atoms with Gasteiger partial charge in [-0.05, 0) is 31.6 Å². The summed E-state index contributed by atoms with van der Waals surface area (Å²) in [4.78, 5) is 0. The van der Waals surface area contributed by atoms with E-state index < -0.39 is 11.5 Å². The van der Waals surface area contributed by atoms with E-state index in [0.29, 0.717) is 0 Å². The highest BCUT2D eigenvalue weighted by Crippen LogP contribution is 2.48. The fourth-order valence-corrected chi connectivity index (χ4v) is 1.86. The van der Waals surface area contributed by atoms with Crippen LogP contribution in [0.15, 0.2) is 0 Å². The van der Waals surface area contributed by atoms with Crippen LogP contribution in [0.3, 0.4) is 0 Å². The Kier molecular flexibility index (Phi) is 1.69. The molecular weight excluding hydrogens is 162 g/mol. The zero-order chi connectivity index (χ0) is 8.82. The lowest BCUT2D eigenvalue weighted by Crippen LogP contribution is -2.35. The number of alkyl halides is 2. The van der Waals surface area contributed by atoms with Gasteiger partial charge in [0.25, 0.3) is 0 Å². The summed E-state index contributed by atoms with van der Waals surface area (Å²) >= 11 is 0. The molecule has 0 aromatic carbocycles. The standard InChI is InChI=1S/C9H14F2O/c10-9(11)5-7(6-9)1-2-8(12)3-4-8/h7,12H,1-6H2. The van der Waals surface area contributed by atoms with Crippen molar-refractivity contribution in [3.8, 4) is 0 Å². The van der Waals surface area contributed by atoms with Gasteiger partial charge >= 0.3 is 0 Å². The minimum atomic E-state index is -2.39. The molecule has 0 amide bonds.